The number of thioether (sulfide) groups is 1. The Kier molecular flexibility index (Phi) is 8.98. The predicted octanol–water partition coefficient (Wildman–Crippen LogP) is 5.35. The minimum absolute atomic E-state index is 0.177. The van der Waals surface area contributed by atoms with Crippen LogP contribution >= 0.6 is 11.8 Å². The molecule has 5 atom stereocenters. The predicted molar refractivity (Wildman–Crippen MR) is 131 cm³/mol. The van der Waals surface area contributed by atoms with Crippen LogP contribution in [0.4, 0.5) is 0 Å². The van der Waals surface area contributed by atoms with Crippen LogP contribution in [0.1, 0.15) is 11.1 Å². The minimum Gasteiger partial charge on any atom is -0.388 e. The summed E-state index contributed by atoms with van der Waals surface area (Å²) in [6, 6.07) is 28.5. The first-order chi connectivity index (χ1) is 16.7. The van der Waals surface area contributed by atoms with E-state index in [2.05, 4.69) is 10.0 Å². The molecule has 1 N–H and O–H groups in total. The molecule has 1 saturated heterocycles. The van der Waals surface area contributed by atoms with Gasteiger partial charge in [-0.25, -0.2) is 0 Å². The number of hydrogen-bond donors (Lipinski definition) is 1. The molecule has 1 fully saturated rings. The smallest absolute Gasteiger partial charge is 0.119 e. The van der Waals surface area contributed by atoms with Gasteiger partial charge in [-0.1, -0.05) is 95.7 Å². The lowest BCUT2D eigenvalue weighted by Gasteiger charge is -2.42. The summed E-state index contributed by atoms with van der Waals surface area (Å²) in [6.45, 7) is 0.857. The van der Waals surface area contributed by atoms with Gasteiger partial charge in [-0.3, -0.25) is 0 Å². The van der Waals surface area contributed by atoms with Crippen molar-refractivity contribution in [2.45, 2.75) is 47.9 Å². The molecule has 3 aromatic rings. The first kappa shape index (κ1) is 24.3. The zero-order chi connectivity index (χ0) is 23.6. The fraction of sp³-hybridized carbons (Fsp3) is 0.308. The third-order valence-electron chi connectivity index (χ3n) is 5.50. The van der Waals surface area contributed by atoms with Crippen molar-refractivity contribution in [3.8, 4) is 0 Å². The van der Waals surface area contributed by atoms with Crippen LogP contribution in [0, 0.1) is 0 Å². The summed E-state index contributed by atoms with van der Waals surface area (Å²) in [6.07, 6.45) is -2.42. The Morgan fingerprint density at radius 2 is 1.47 bits per heavy atom. The number of aliphatic hydroxyl groups excluding tert-OH is 1. The van der Waals surface area contributed by atoms with Crippen LogP contribution in [-0.4, -0.2) is 41.5 Å². The Labute approximate surface area is 203 Å². The van der Waals surface area contributed by atoms with Crippen molar-refractivity contribution in [3.63, 3.8) is 0 Å². The highest BCUT2D eigenvalue weighted by molar-refractivity contribution is 7.99. The van der Waals surface area contributed by atoms with Crippen molar-refractivity contribution >= 4 is 11.8 Å². The molecule has 34 heavy (non-hydrogen) atoms. The standard InChI is InChI=1S/C26H27N3O4S/c27-29-28-23-25(32-17-20-12-6-2-7-13-20)24(30)22(18-31-16-19-10-4-1-5-11-19)33-26(23)34-21-14-8-3-9-15-21/h1-15,22-26,30H,16-18H2/t22?,23?,24-,25-,26-/m0/s1. The maximum atomic E-state index is 11.2. The molecular weight excluding hydrogens is 450 g/mol. The van der Waals surface area contributed by atoms with Crippen molar-refractivity contribution in [1.29, 1.82) is 0 Å². The fourth-order valence-electron chi connectivity index (χ4n) is 3.78. The molecule has 1 aliphatic heterocycles. The lowest BCUT2D eigenvalue weighted by atomic mass is 9.98. The fourth-order valence-corrected chi connectivity index (χ4v) is 4.91. The molecule has 4 rings (SSSR count). The summed E-state index contributed by atoms with van der Waals surface area (Å²) in [4.78, 5) is 3.99. The first-order valence-corrected chi connectivity index (χ1v) is 12.0. The quantitative estimate of drug-likeness (QED) is 0.241. The molecule has 0 radical (unpaired) electrons. The van der Waals surface area contributed by atoms with E-state index in [0.29, 0.717) is 6.61 Å². The summed E-state index contributed by atoms with van der Waals surface area (Å²) < 4.78 is 18.3. The molecule has 1 aliphatic rings. The number of hydrogen-bond acceptors (Lipinski definition) is 6. The number of aliphatic hydroxyl groups is 1. The lowest BCUT2D eigenvalue weighted by molar-refractivity contribution is -0.190. The maximum absolute atomic E-state index is 11.2. The summed E-state index contributed by atoms with van der Waals surface area (Å²) in [7, 11) is 0. The van der Waals surface area contributed by atoms with Crippen molar-refractivity contribution < 1.29 is 19.3 Å². The second-order valence-corrected chi connectivity index (χ2v) is 9.09. The van der Waals surface area contributed by atoms with E-state index >= 15 is 0 Å². The second-order valence-electron chi connectivity index (χ2n) is 7.92. The number of ether oxygens (including phenoxy) is 3. The molecule has 0 spiro atoms. The minimum atomic E-state index is -1.03. The number of rotatable bonds is 10. The van der Waals surface area contributed by atoms with Gasteiger partial charge in [0.2, 0.25) is 0 Å². The lowest BCUT2D eigenvalue weighted by Crippen LogP contribution is -2.57. The number of benzene rings is 3. The van der Waals surface area contributed by atoms with E-state index in [1.165, 1.54) is 11.8 Å². The Balaban J connectivity index is 1.51. The van der Waals surface area contributed by atoms with E-state index in [9.17, 15) is 10.6 Å². The second kappa shape index (κ2) is 12.6. The molecule has 0 amide bonds. The maximum Gasteiger partial charge on any atom is 0.119 e. The van der Waals surface area contributed by atoms with Gasteiger partial charge in [0.15, 0.2) is 0 Å². The van der Waals surface area contributed by atoms with Crippen LogP contribution in [-0.2, 0) is 27.4 Å². The highest BCUT2D eigenvalue weighted by Gasteiger charge is 2.46. The molecule has 8 heteroatoms. The van der Waals surface area contributed by atoms with Crippen LogP contribution in [0.25, 0.3) is 10.4 Å². The summed E-state index contributed by atoms with van der Waals surface area (Å²) in [5, 5.41) is 15.1. The van der Waals surface area contributed by atoms with Gasteiger partial charge in [-0.2, -0.15) is 0 Å². The van der Waals surface area contributed by atoms with Crippen LogP contribution in [0.3, 0.4) is 0 Å². The van der Waals surface area contributed by atoms with Crippen LogP contribution in [0.2, 0.25) is 0 Å². The van der Waals surface area contributed by atoms with Crippen LogP contribution < -0.4 is 0 Å². The highest BCUT2D eigenvalue weighted by Crippen LogP contribution is 2.36. The van der Waals surface area contributed by atoms with E-state index in [1.807, 2.05) is 91.0 Å². The summed E-state index contributed by atoms with van der Waals surface area (Å²) >= 11 is 1.44. The van der Waals surface area contributed by atoms with Crippen molar-refractivity contribution in [2.24, 2.45) is 5.11 Å². The van der Waals surface area contributed by atoms with E-state index in [-0.39, 0.29) is 13.2 Å². The summed E-state index contributed by atoms with van der Waals surface area (Å²) in [5.41, 5.74) is 10.7. The average molecular weight is 478 g/mol. The van der Waals surface area contributed by atoms with Crippen molar-refractivity contribution in [3.05, 3.63) is 113 Å². The van der Waals surface area contributed by atoms with Gasteiger partial charge in [-0.15, -0.1) is 0 Å². The van der Waals surface area contributed by atoms with Gasteiger partial charge in [-0.05, 0) is 28.8 Å². The van der Waals surface area contributed by atoms with Crippen LogP contribution in [0.5, 0.6) is 0 Å². The Hall–Kier alpha value is -2.84. The molecule has 0 aromatic heterocycles. The van der Waals surface area contributed by atoms with Crippen molar-refractivity contribution in [1.82, 2.24) is 0 Å². The molecule has 176 valence electrons. The molecule has 2 unspecified atom stereocenters. The van der Waals surface area contributed by atoms with E-state index in [0.717, 1.165) is 16.0 Å². The largest absolute Gasteiger partial charge is 0.388 e. The van der Waals surface area contributed by atoms with Gasteiger partial charge < -0.3 is 19.3 Å². The van der Waals surface area contributed by atoms with E-state index in [4.69, 9.17) is 14.2 Å². The first-order valence-electron chi connectivity index (χ1n) is 11.1. The topological polar surface area (TPSA) is 96.7 Å². The number of nitrogens with zero attached hydrogens (tertiary/aromatic N) is 3. The van der Waals surface area contributed by atoms with Gasteiger partial charge in [0, 0.05) is 9.81 Å². The molecule has 3 aromatic carbocycles. The monoisotopic (exact) mass is 477 g/mol. The Morgan fingerprint density at radius 1 is 0.882 bits per heavy atom. The molecule has 7 nitrogen and oxygen atoms in total. The van der Waals surface area contributed by atoms with Gasteiger partial charge >= 0.3 is 0 Å². The van der Waals surface area contributed by atoms with E-state index in [1.54, 1.807) is 0 Å². The van der Waals surface area contributed by atoms with E-state index < -0.39 is 29.8 Å². The van der Waals surface area contributed by atoms with Crippen LogP contribution in [0.15, 0.2) is 101 Å². The third kappa shape index (κ3) is 6.61. The number of azide groups is 1. The van der Waals surface area contributed by atoms with Gasteiger partial charge in [0.1, 0.15) is 23.7 Å². The molecule has 0 aliphatic carbocycles. The molecule has 0 saturated carbocycles. The molecule has 0 bridgehead atoms. The normalized spacial score (nSPS) is 24.3. The molecule has 1 heterocycles. The van der Waals surface area contributed by atoms with Gasteiger partial charge in [0.05, 0.1) is 25.9 Å². The Bertz CT molecular complexity index is 1050. The zero-order valence-electron chi connectivity index (χ0n) is 18.6. The summed E-state index contributed by atoms with van der Waals surface area (Å²) in [5.74, 6) is 0. The SMILES string of the molecule is [N-]=[N+]=NC1[C@H](Sc2ccccc2)OC(COCc2ccccc2)[C@H](O)[C@H]1OCc1ccccc1. The van der Waals surface area contributed by atoms with Crippen molar-refractivity contribution in [2.75, 3.05) is 6.61 Å². The average Bonchev–Trinajstić information content (AvgIpc) is 2.88. The third-order valence-corrected chi connectivity index (χ3v) is 6.67. The van der Waals surface area contributed by atoms with Gasteiger partial charge in [0.25, 0.3) is 0 Å². The molecular formula is C26H27N3O4S. The zero-order valence-corrected chi connectivity index (χ0v) is 19.4. The Morgan fingerprint density at radius 3 is 2.09 bits per heavy atom. The highest BCUT2D eigenvalue weighted by atomic mass is 32.2.